The average Bonchev–Trinajstić information content (AvgIpc) is 3.15. The number of H-pyrrole nitrogens is 1. The SMILES string of the molecule is CCOC(=O)C(CC)(CC)c1cn2c3cc[nH]c(=O)c3c3cc(F)ccc3c2n1. The van der Waals surface area contributed by atoms with Crippen LogP contribution in [0, 0.1) is 5.82 Å². The molecule has 0 amide bonds. The number of pyridine rings is 2. The molecule has 0 aliphatic heterocycles. The molecule has 0 saturated heterocycles. The lowest BCUT2D eigenvalue weighted by Gasteiger charge is -2.27. The molecule has 0 radical (unpaired) electrons. The molecule has 0 aliphatic carbocycles. The van der Waals surface area contributed by atoms with Crippen LogP contribution in [0.25, 0.3) is 27.3 Å². The smallest absolute Gasteiger partial charge is 0.318 e. The number of fused-ring (bicyclic) bond motifs is 6. The quantitative estimate of drug-likeness (QED) is 0.408. The van der Waals surface area contributed by atoms with Gasteiger partial charge < -0.3 is 9.72 Å². The summed E-state index contributed by atoms with van der Waals surface area (Å²) in [6.07, 6.45) is 4.39. The second-order valence-corrected chi connectivity index (χ2v) is 7.09. The molecule has 4 aromatic rings. The number of hydrogen-bond acceptors (Lipinski definition) is 4. The number of aromatic amines is 1. The van der Waals surface area contributed by atoms with Gasteiger partial charge in [-0.3, -0.25) is 14.0 Å². The van der Waals surface area contributed by atoms with Crippen LogP contribution in [0.5, 0.6) is 0 Å². The van der Waals surface area contributed by atoms with Crippen molar-refractivity contribution in [2.75, 3.05) is 6.61 Å². The Morgan fingerprint density at radius 2 is 1.97 bits per heavy atom. The monoisotopic (exact) mass is 395 g/mol. The number of nitrogens with one attached hydrogen (secondary N) is 1. The average molecular weight is 395 g/mol. The van der Waals surface area contributed by atoms with Crippen molar-refractivity contribution in [2.45, 2.75) is 39.0 Å². The topological polar surface area (TPSA) is 76.5 Å². The van der Waals surface area contributed by atoms with Crippen LogP contribution in [-0.4, -0.2) is 26.9 Å². The van der Waals surface area contributed by atoms with Crippen LogP contribution < -0.4 is 5.56 Å². The van der Waals surface area contributed by atoms with Crippen molar-refractivity contribution in [3.8, 4) is 0 Å². The molecule has 0 saturated carbocycles. The molecule has 6 nitrogen and oxygen atoms in total. The summed E-state index contributed by atoms with van der Waals surface area (Å²) in [5.41, 5.74) is 0.563. The van der Waals surface area contributed by atoms with Gasteiger partial charge in [0.15, 0.2) is 0 Å². The predicted molar refractivity (Wildman–Crippen MR) is 110 cm³/mol. The molecule has 3 heterocycles. The van der Waals surface area contributed by atoms with Crippen molar-refractivity contribution in [3.63, 3.8) is 0 Å². The van der Waals surface area contributed by atoms with Crippen LogP contribution in [0.1, 0.15) is 39.3 Å². The second kappa shape index (κ2) is 6.99. The molecule has 7 heteroatoms. The Morgan fingerprint density at radius 3 is 2.66 bits per heavy atom. The van der Waals surface area contributed by atoms with Crippen LogP contribution in [0.2, 0.25) is 0 Å². The number of carbonyl (C=O) groups excluding carboxylic acids is 1. The predicted octanol–water partition coefficient (Wildman–Crippen LogP) is 4.09. The maximum Gasteiger partial charge on any atom is 0.318 e. The summed E-state index contributed by atoms with van der Waals surface area (Å²) in [4.78, 5) is 32.9. The molecule has 0 fully saturated rings. The fourth-order valence-corrected chi connectivity index (χ4v) is 4.11. The Labute approximate surface area is 166 Å². The Balaban J connectivity index is 2.15. The zero-order valence-electron chi connectivity index (χ0n) is 16.6. The molecule has 0 atom stereocenters. The molecule has 0 aliphatic rings. The number of carbonyl (C=O) groups is 1. The minimum Gasteiger partial charge on any atom is -0.465 e. The molecule has 1 N–H and O–H groups in total. The van der Waals surface area contributed by atoms with Gasteiger partial charge in [0, 0.05) is 23.2 Å². The molecular formula is C22H22FN3O3. The fourth-order valence-electron chi connectivity index (χ4n) is 4.11. The third kappa shape index (κ3) is 2.72. The largest absolute Gasteiger partial charge is 0.465 e. The molecule has 0 bridgehead atoms. The summed E-state index contributed by atoms with van der Waals surface area (Å²) in [5.74, 6) is -0.743. The third-order valence-corrected chi connectivity index (χ3v) is 5.76. The minimum absolute atomic E-state index is 0.286. The van der Waals surface area contributed by atoms with Crippen molar-refractivity contribution < 1.29 is 13.9 Å². The van der Waals surface area contributed by atoms with E-state index < -0.39 is 11.2 Å². The van der Waals surface area contributed by atoms with E-state index >= 15 is 0 Å². The van der Waals surface area contributed by atoms with E-state index in [-0.39, 0.29) is 18.1 Å². The van der Waals surface area contributed by atoms with E-state index in [2.05, 4.69) is 4.98 Å². The van der Waals surface area contributed by atoms with Crippen molar-refractivity contribution in [1.82, 2.24) is 14.4 Å². The summed E-state index contributed by atoms with van der Waals surface area (Å²) in [6, 6.07) is 6.06. The van der Waals surface area contributed by atoms with Gasteiger partial charge in [-0.1, -0.05) is 13.8 Å². The first kappa shape index (κ1) is 19.1. The lowest BCUT2D eigenvalue weighted by molar-refractivity contribution is -0.150. The number of aromatic nitrogens is 3. The molecule has 4 rings (SSSR count). The highest BCUT2D eigenvalue weighted by Crippen LogP contribution is 2.35. The van der Waals surface area contributed by atoms with Crippen LogP contribution in [0.3, 0.4) is 0 Å². The number of hydrogen-bond donors (Lipinski definition) is 1. The van der Waals surface area contributed by atoms with E-state index in [1.165, 1.54) is 12.1 Å². The van der Waals surface area contributed by atoms with Gasteiger partial charge in [0.25, 0.3) is 5.56 Å². The molecule has 29 heavy (non-hydrogen) atoms. The highest BCUT2D eigenvalue weighted by molar-refractivity contribution is 6.11. The summed E-state index contributed by atoms with van der Waals surface area (Å²) in [5, 5.41) is 1.52. The van der Waals surface area contributed by atoms with E-state index in [9.17, 15) is 14.0 Å². The highest BCUT2D eigenvalue weighted by Gasteiger charge is 2.41. The first-order valence-electron chi connectivity index (χ1n) is 9.76. The highest BCUT2D eigenvalue weighted by atomic mass is 19.1. The zero-order chi connectivity index (χ0) is 20.8. The first-order chi connectivity index (χ1) is 14.0. The summed E-state index contributed by atoms with van der Waals surface area (Å²) in [7, 11) is 0. The lowest BCUT2D eigenvalue weighted by atomic mass is 9.79. The van der Waals surface area contributed by atoms with Crippen LogP contribution >= 0.6 is 0 Å². The van der Waals surface area contributed by atoms with Gasteiger partial charge in [-0.2, -0.15) is 0 Å². The number of ether oxygens (including phenoxy) is 1. The van der Waals surface area contributed by atoms with Crippen molar-refractivity contribution in [3.05, 3.63) is 58.5 Å². The summed E-state index contributed by atoms with van der Waals surface area (Å²) in [6.45, 7) is 5.93. The van der Waals surface area contributed by atoms with Crippen LogP contribution in [0.15, 0.2) is 41.5 Å². The second-order valence-electron chi connectivity index (χ2n) is 7.09. The van der Waals surface area contributed by atoms with E-state index in [0.29, 0.717) is 45.9 Å². The molecular weight excluding hydrogens is 373 g/mol. The first-order valence-corrected chi connectivity index (χ1v) is 9.76. The van der Waals surface area contributed by atoms with E-state index in [4.69, 9.17) is 9.72 Å². The van der Waals surface area contributed by atoms with Crippen LogP contribution in [0.4, 0.5) is 4.39 Å². The minimum atomic E-state index is -0.887. The number of nitrogens with zero attached hydrogens (tertiary/aromatic N) is 2. The Hall–Kier alpha value is -3.22. The van der Waals surface area contributed by atoms with E-state index in [1.54, 1.807) is 35.9 Å². The zero-order valence-corrected chi connectivity index (χ0v) is 16.6. The number of esters is 1. The Bertz CT molecular complexity index is 1300. The molecule has 1 aromatic carbocycles. The summed E-state index contributed by atoms with van der Waals surface area (Å²) >= 11 is 0. The van der Waals surface area contributed by atoms with E-state index in [1.807, 2.05) is 13.8 Å². The Kier molecular flexibility index (Phi) is 4.61. The third-order valence-electron chi connectivity index (χ3n) is 5.76. The standard InChI is InChI=1S/C22H22FN3O3/c1-4-22(5-2,21(28)29-6-3)17-12-26-16-9-10-24-20(27)18(16)15-11-13(23)7-8-14(15)19(26)25-17/h7-12H,4-6H2,1-3H3,(H,24,27). The van der Waals surface area contributed by atoms with Gasteiger partial charge in [-0.25, -0.2) is 9.37 Å². The maximum absolute atomic E-state index is 14.0. The van der Waals surface area contributed by atoms with Crippen molar-refractivity contribution in [2.24, 2.45) is 0 Å². The van der Waals surface area contributed by atoms with Gasteiger partial charge >= 0.3 is 5.97 Å². The number of halogens is 1. The number of imidazole rings is 1. The van der Waals surface area contributed by atoms with Crippen molar-refractivity contribution >= 4 is 33.3 Å². The lowest BCUT2D eigenvalue weighted by Crippen LogP contribution is -2.36. The van der Waals surface area contributed by atoms with Gasteiger partial charge in [-0.05, 0) is 44.0 Å². The van der Waals surface area contributed by atoms with Crippen LogP contribution in [-0.2, 0) is 14.9 Å². The van der Waals surface area contributed by atoms with Gasteiger partial charge in [0.2, 0.25) is 0 Å². The fraction of sp³-hybridized carbons (Fsp3) is 0.318. The van der Waals surface area contributed by atoms with E-state index in [0.717, 1.165) is 0 Å². The van der Waals surface area contributed by atoms with Gasteiger partial charge in [0.1, 0.15) is 16.9 Å². The maximum atomic E-state index is 14.0. The molecule has 3 aromatic heterocycles. The normalized spacial score (nSPS) is 12.1. The van der Waals surface area contributed by atoms with Gasteiger partial charge in [0.05, 0.1) is 23.2 Å². The molecule has 0 unspecified atom stereocenters. The van der Waals surface area contributed by atoms with Gasteiger partial charge in [-0.15, -0.1) is 0 Å². The molecule has 0 spiro atoms. The Morgan fingerprint density at radius 1 is 1.21 bits per heavy atom. The molecule has 150 valence electrons. The number of rotatable bonds is 5. The van der Waals surface area contributed by atoms with Crippen molar-refractivity contribution in [1.29, 1.82) is 0 Å². The number of benzene rings is 1. The summed E-state index contributed by atoms with van der Waals surface area (Å²) < 4.78 is 21.2.